The molecule has 3 nitrogen and oxygen atoms in total. The highest BCUT2D eigenvalue weighted by Crippen LogP contribution is 2.39. The number of nitrogens with one attached hydrogen (secondary N) is 1. The Morgan fingerprint density at radius 1 is 1.14 bits per heavy atom. The van der Waals surface area contributed by atoms with E-state index in [0.717, 1.165) is 31.7 Å². The smallest absolute Gasteiger partial charge is 0.179 e. The zero-order chi connectivity index (χ0) is 15.5. The molecule has 1 aliphatic carbocycles. The third kappa shape index (κ3) is 4.21. The molecule has 1 saturated carbocycles. The molecule has 0 bridgehead atoms. The fraction of sp³-hybridized carbons (Fsp3) is 0.647. The van der Waals surface area contributed by atoms with E-state index in [-0.39, 0.29) is 6.10 Å². The van der Waals surface area contributed by atoms with Gasteiger partial charge in [0.15, 0.2) is 11.5 Å². The number of hydrogen-bond acceptors (Lipinski definition) is 3. The number of halogens is 2. The lowest BCUT2D eigenvalue weighted by atomic mass is 10.0. The van der Waals surface area contributed by atoms with Gasteiger partial charge in [-0.25, -0.2) is 0 Å². The molecule has 1 saturated heterocycles. The molecule has 3 rings (SSSR count). The van der Waals surface area contributed by atoms with Gasteiger partial charge in [-0.2, -0.15) is 0 Å². The summed E-state index contributed by atoms with van der Waals surface area (Å²) in [5.74, 6) is 2.17. The molecule has 1 aliphatic heterocycles. The van der Waals surface area contributed by atoms with Crippen molar-refractivity contribution in [3.8, 4) is 11.5 Å². The SMILES string of the molecule is COc1c(Cl)cc(Cl)cc1OC1CCNC(CC2CC2)CC1. The van der Waals surface area contributed by atoms with E-state index in [1.54, 1.807) is 19.2 Å². The quantitative estimate of drug-likeness (QED) is 0.840. The Labute approximate surface area is 142 Å². The molecule has 0 spiro atoms. The predicted molar refractivity (Wildman–Crippen MR) is 90.4 cm³/mol. The fourth-order valence-electron chi connectivity index (χ4n) is 3.16. The molecule has 2 atom stereocenters. The van der Waals surface area contributed by atoms with E-state index in [2.05, 4.69) is 5.32 Å². The van der Waals surface area contributed by atoms with Gasteiger partial charge in [-0.05, 0) is 44.2 Å². The Kier molecular flexibility index (Phi) is 5.37. The maximum atomic E-state index is 6.17. The molecule has 0 radical (unpaired) electrons. The molecule has 0 amide bonds. The summed E-state index contributed by atoms with van der Waals surface area (Å²) in [5.41, 5.74) is 0. The van der Waals surface area contributed by atoms with Gasteiger partial charge in [-0.1, -0.05) is 36.0 Å². The zero-order valence-electron chi connectivity index (χ0n) is 12.9. The lowest BCUT2D eigenvalue weighted by molar-refractivity contribution is 0.179. The standard InChI is InChI=1S/C17H23Cl2NO2/c1-21-17-15(19)9-12(18)10-16(17)22-14-5-4-13(20-7-6-14)8-11-2-3-11/h9-11,13-14,20H,2-8H2,1H3. The molecule has 122 valence electrons. The minimum absolute atomic E-state index is 0.181. The van der Waals surface area contributed by atoms with Gasteiger partial charge >= 0.3 is 0 Å². The van der Waals surface area contributed by atoms with Crippen molar-refractivity contribution in [2.45, 2.75) is 50.7 Å². The molecule has 22 heavy (non-hydrogen) atoms. The average Bonchev–Trinajstić information content (AvgIpc) is 3.28. The summed E-state index contributed by atoms with van der Waals surface area (Å²) in [6, 6.07) is 4.10. The highest BCUT2D eigenvalue weighted by atomic mass is 35.5. The summed E-state index contributed by atoms with van der Waals surface area (Å²) in [4.78, 5) is 0. The minimum Gasteiger partial charge on any atom is -0.491 e. The highest BCUT2D eigenvalue weighted by molar-refractivity contribution is 6.35. The molecule has 0 aromatic heterocycles. The van der Waals surface area contributed by atoms with E-state index in [0.29, 0.717) is 27.6 Å². The molecule has 1 aromatic carbocycles. The molecule has 1 aromatic rings. The van der Waals surface area contributed by atoms with Gasteiger partial charge in [-0.15, -0.1) is 0 Å². The van der Waals surface area contributed by atoms with Crippen LogP contribution in [0.15, 0.2) is 12.1 Å². The van der Waals surface area contributed by atoms with Crippen LogP contribution in [0.3, 0.4) is 0 Å². The second kappa shape index (κ2) is 7.29. The van der Waals surface area contributed by atoms with Crippen LogP contribution in [0.2, 0.25) is 10.0 Å². The van der Waals surface area contributed by atoms with Gasteiger partial charge in [0.25, 0.3) is 0 Å². The number of methoxy groups -OCH3 is 1. The summed E-state index contributed by atoms with van der Waals surface area (Å²) in [7, 11) is 1.60. The van der Waals surface area contributed by atoms with Gasteiger partial charge in [-0.3, -0.25) is 0 Å². The third-order valence-corrected chi connectivity index (χ3v) is 5.02. The number of hydrogen-bond donors (Lipinski definition) is 1. The Morgan fingerprint density at radius 3 is 2.68 bits per heavy atom. The van der Waals surface area contributed by atoms with Crippen LogP contribution >= 0.6 is 23.2 Å². The first-order valence-corrected chi connectivity index (χ1v) is 8.84. The summed E-state index contributed by atoms with van der Waals surface area (Å²) in [5, 5.41) is 4.71. The van der Waals surface area contributed by atoms with Gasteiger partial charge in [0, 0.05) is 17.1 Å². The lowest BCUT2D eigenvalue weighted by Crippen LogP contribution is -2.28. The zero-order valence-corrected chi connectivity index (χ0v) is 14.4. The Bertz CT molecular complexity index is 520. The minimum atomic E-state index is 0.181. The summed E-state index contributed by atoms with van der Waals surface area (Å²) in [6.45, 7) is 0.999. The fourth-order valence-corrected chi connectivity index (χ4v) is 3.71. The van der Waals surface area contributed by atoms with Gasteiger partial charge in [0.1, 0.15) is 6.10 Å². The molecule has 2 unspecified atom stereocenters. The van der Waals surface area contributed by atoms with Crippen molar-refractivity contribution in [1.29, 1.82) is 0 Å². The Hall–Kier alpha value is -0.640. The summed E-state index contributed by atoms with van der Waals surface area (Å²) in [6.07, 6.45) is 7.54. The van der Waals surface area contributed by atoms with Crippen molar-refractivity contribution in [2.24, 2.45) is 5.92 Å². The van der Waals surface area contributed by atoms with Crippen molar-refractivity contribution < 1.29 is 9.47 Å². The summed E-state index contributed by atoms with van der Waals surface area (Å²) < 4.78 is 11.5. The lowest BCUT2D eigenvalue weighted by Gasteiger charge is -2.19. The Balaban J connectivity index is 1.62. The number of benzene rings is 1. The maximum absolute atomic E-state index is 6.17. The predicted octanol–water partition coefficient (Wildman–Crippen LogP) is 4.69. The molecular formula is C17H23Cl2NO2. The van der Waals surface area contributed by atoms with Crippen LogP contribution in [-0.2, 0) is 0 Å². The van der Waals surface area contributed by atoms with Crippen molar-refractivity contribution in [1.82, 2.24) is 5.32 Å². The van der Waals surface area contributed by atoms with E-state index in [1.807, 2.05) is 0 Å². The molecular weight excluding hydrogens is 321 g/mol. The first kappa shape index (κ1) is 16.2. The van der Waals surface area contributed by atoms with Gasteiger partial charge < -0.3 is 14.8 Å². The van der Waals surface area contributed by atoms with E-state index < -0.39 is 0 Å². The normalized spacial score (nSPS) is 25.6. The van der Waals surface area contributed by atoms with Gasteiger partial charge in [0.05, 0.1) is 12.1 Å². The van der Waals surface area contributed by atoms with E-state index in [4.69, 9.17) is 32.7 Å². The monoisotopic (exact) mass is 343 g/mol. The van der Waals surface area contributed by atoms with E-state index in [1.165, 1.54) is 19.3 Å². The maximum Gasteiger partial charge on any atom is 0.179 e. The molecule has 2 aliphatic rings. The molecule has 5 heteroatoms. The Morgan fingerprint density at radius 2 is 1.95 bits per heavy atom. The highest BCUT2D eigenvalue weighted by Gasteiger charge is 2.28. The number of ether oxygens (including phenoxy) is 2. The molecule has 1 N–H and O–H groups in total. The first-order chi connectivity index (χ1) is 10.7. The second-order valence-electron chi connectivity index (χ2n) is 6.36. The van der Waals surface area contributed by atoms with Crippen LogP contribution in [0.5, 0.6) is 11.5 Å². The number of rotatable bonds is 5. The van der Waals surface area contributed by atoms with Crippen LogP contribution in [0.1, 0.15) is 38.5 Å². The van der Waals surface area contributed by atoms with E-state index in [9.17, 15) is 0 Å². The first-order valence-electron chi connectivity index (χ1n) is 8.08. The van der Waals surface area contributed by atoms with Crippen LogP contribution in [0.25, 0.3) is 0 Å². The van der Waals surface area contributed by atoms with Crippen molar-refractivity contribution in [2.75, 3.05) is 13.7 Å². The third-order valence-electron chi connectivity index (χ3n) is 4.52. The van der Waals surface area contributed by atoms with Crippen LogP contribution in [-0.4, -0.2) is 25.8 Å². The topological polar surface area (TPSA) is 30.5 Å². The average molecular weight is 344 g/mol. The summed E-state index contributed by atoms with van der Waals surface area (Å²) >= 11 is 12.3. The van der Waals surface area contributed by atoms with Crippen LogP contribution in [0, 0.1) is 5.92 Å². The van der Waals surface area contributed by atoms with Crippen molar-refractivity contribution in [3.05, 3.63) is 22.2 Å². The van der Waals surface area contributed by atoms with Crippen LogP contribution in [0.4, 0.5) is 0 Å². The van der Waals surface area contributed by atoms with Crippen molar-refractivity contribution >= 4 is 23.2 Å². The molecule has 2 fully saturated rings. The second-order valence-corrected chi connectivity index (χ2v) is 7.20. The largest absolute Gasteiger partial charge is 0.491 e. The van der Waals surface area contributed by atoms with Crippen molar-refractivity contribution in [3.63, 3.8) is 0 Å². The van der Waals surface area contributed by atoms with E-state index >= 15 is 0 Å². The van der Waals surface area contributed by atoms with Gasteiger partial charge in [0.2, 0.25) is 0 Å². The van der Waals surface area contributed by atoms with Crippen LogP contribution < -0.4 is 14.8 Å². The molecule has 1 heterocycles.